The Morgan fingerprint density at radius 2 is 1.66 bits per heavy atom. The molecule has 10 rings (SSSR count). The molecule has 2 aromatic heterocycles. The second kappa shape index (κ2) is 18.6. The molecule has 5 aliphatic heterocycles. The Balaban J connectivity index is 0.743. The van der Waals surface area contributed by atoms with E-state index >= 15 is 0 Å². The van der Waals surface area contributed by atoms with Crippen LogP contribution in [0.1, 0.15) is 88.3 Å². The van der Waals surface area contributed by atoms with Crippen LogP contribution in [0.3, 0.4) is 0 Å². The molecule has 7 heterocycles. The number of methoxy groups -OCH3 is 2. The summed E-state index contributed by atoms with van der Waals surface area (Å²) in [6.45, 7) is 5.29. The minimum Gasteiger partial charge on any atom is -0.496 e. The normalized spacial score (nSPS) is 21.1. The maximum absolute atomic E-state index is 14.4. The topological polar surface area (TPSA) is 187 Å². The van der Waals surface area contributed by atoms with E-state index in [-0.39, 0.29) is 66.4 Å². The SMILES string of the molecule is COc1ccc(NS(=O)(=O)N2CC[C@@H](F)C2)c(OC)c1C(=O)c1c[nH]c2ncc(-c3ccc(N4CCC(CN5CCC(c6ccc7c(c6)CN([C@H]6CCC(=O)NC6=O)C7=O)CC5)CC4)cc3)cc12. The van der Waals surface area contributed by atoms with Gasteiger partial charge in [-0.1, -0.05) is 24.3 Å². The zero-order chi connectivity index (χ0) is 47.3. The van der Waals surface area contributed by atoms with Gasteiger partial charge in [-0.2, -0.15) is 12.7 Å². The molecule has 0 unspecified atom stereocenters. The zero-order valence-corrected chi connectivity index (χ0v) is 38.9. The first kappa shape index (κ1) is 45.4. The fourth-order valence-electron chi connectivity index (χ4n) is 10.7. The molecule has 0 bridgehead atoms. The van der Waals surface area contributed by atoms with Gasteiger partial charge in [-0.15, -0.1) is 0 Å². The number of rotatable bonds is 13. The number of nitrogens with one attached hydrogen (secondary N) is 3. The van der Waals surface area contributed by atoms with Gasteiger partial charge in [0.25, 0.3) is 5.91 Å². The molecule has 16 nitrogen and oxygen atoms in total. The zero-order valence-electron chi connectivity index (χ0n) is 38.1. The molecule has 0 radical (unpaired) electrons. The van der Waals surface area contributed by atoms with E-state index < -0.39 is 28.2 Å². The Morgan fingerprint density at radius 1 is 0.882 bits per heavy atom. The van der Waals surface area contributed by atoms with Crippen molar-refractivity contribution in [2.45, 2.75) is 69.6 Å². The molecular formula is C50H55FN8O8S. The van der Waals surface area contributed by atoms with Crippen molar-refractivity contribution in [1.29, 1.82) is 0 Å². The summed E-state index contributed by atoms with van der Waals surface area (Å²) in [5, 5.41) is 2.95. The summed E-state index contributed by atoms with van der Waals surface area (Å²) in [5.41, 5.74) is 6.64. The minimum atomic E-state index is -4.13. The first-order valence-electron chi connectivity index (χ1n) is 23.4. The van der Waals surface area contributed by atoms with E-state index in [1.165, 1.54) is 31.9 Å². The van der Waals surface area contributed by atoms with Crippen molar-refractivity contribution in [3.05, 3.63) is 101 Å². The lowest BCUT2D eigenvalue weighted by atomic mass is 9.87. The molecule has 5 aliphatic rings. The van der Waals surface area contributed by atoms with E-state index in [0.717, 1.165) is 85.1 Å². The van der Waals surface area contributed by atoms with Crippen LogP contribution in [0.5, 0.6) is 11.5 Å². The van der Waals surface area contributed by atoms with Gasteiger partial charge in [0.05, 0.1) is 19.9 Å². The molecule has 4 saturated heterocycles. The van der Waals surface area contributed by atoms with Crippen LogP contribution < -0.4 is 24.4 Å². The van der Waals surface area contributed by atoms with E-state index in [2.05, 4.69) is 66.2 Å². The van der Waals surface area contributed by atoms with Crippen molar-refractivity contribution in [2.24, 2.45) is 5.92 Å². The van der Waals surface area contributed by atoms with Gasteiger partial charge in [-0.05, 0) is 117 Å². The third-order valence-corrected chi connectivity index (χ3v) is 16.0. The summed E-state index contributed by atoms with van der Waals surface area (Å²) in [4.78, 5) is 66.2. The standard InChI is InChI=1S/C50H55FN8O8S/c1-66-43-11-9-41(55-68(64,65)58-22-17-36(51)29-58)47(67-2)45(43)46(61)40-26-53-48-39(40)24-34(25-52-48)31-3-6-37(7-4-31)57-20-13-30(14-21-57)27-56-18-15-32(16-19-56)33-5-8-38-35(23-33)28-59(50(38)63)42-10-12-44(60)54-49(42)62/h3-9,11,23-26,30,32,36,42,55H,10,12-22,27-29H2,1-2H3,(H,52,53)(H,54,60,62)/t36-,42+/m1/s1. The molecule has 0 spiro atoms. The first-order valence-corrected chi connectivity index (χ1v) is 24.9. The predicted octanol–water partition coefficient (Wildman–Crippen LogP) is 6.04. The van der Waals surface area contributed by atoms with Gasteiger partial charge in [0.1, 0.15) is 29.2 Å². The number of imide groups is 1. The van der Waals surface area contributed by atoms with Crippen molar-refractivity contribution in [1.82, 2.24) is 29.4 Å². The van der Waals surface area contributed by atoms with Gasteiger partial charge in [0.15, 0.2) is 5.75 Å². The third-order valence-electron chi connectivity index (χ3n) is 14.5. The molecule has 5 aromatic rings. The Bertz CT molecular complexity index is 2890. The number of piperidine rings is 3. The van der Waals surface area contributed by atoms with Gasteiger partial charge < -0.3 is 29.2 Å². The van der Waals surface area contributed by atoms with Gasteiger partial charge in [-0.25, -0.2) is 9.37 Å². The number of likely N-dealkylation sites (tertiary alicyclic amines) is 1. The maximum atomic E-state index is 14.4. The highest BCUT2D eigenvalue weighted by Crippen LogP contribution is 2.40. The second-order valence-electron chi connectivity index (χ2n) is 18.6. The lowest BCUT2D eigenvalue weighted by molar-refractivity contribution is -0.136. The van der Waals surface area contributed by atoms with Crippen LogP contribution in [-0.2, 0) is 26.3 Å². The number of carbonyl (C=O) groups excluding carboxylic acids is 4. The number of H-pyrrole nitrogens is 1. The molecule has 68 heavy (non-hydrogen) atoms. The number of nitrogens with zero attached hydrogens (tertiary/aromatic N) is 5. The predicted molar refractivity (Wildman–Crippen MR) is 254 cm³/mol. The van der Waals surface area contributed by atoms with Crippen molar-refractivity contribution in [2.75, 3.05) is 69.7 Å². The minimum absolute atomic E-state index is 0.0240. The van der Waals surface area contributed by atoms with Gasteiger partial charge in [0.2, 0.25) is 17.6 Å². The van der Waals surface area contributed by atoms with Crippen LogP contribution in [-0.4, -0.2) is 128 Å². The Morgan fingerprint density at radius 3 is 2.37 bits per heavy atom. The molecule has 0 aliphatic carbocycles. The van der Waals surface area contributed by atoms with Crippen LogP contribution in [0.25, 0.3) is 22.2 Å². The number of amides is 3. The average Bonchev–Trinajstić information content (AvgIpc) is 4.08. The van der Waals surface area contributed by atoms with Crippen molar-refractivity contribution in [3.63, 3.8) is 0 Å². The molecule has 0 saturated carbocycles. The highest BCUT2D eigenvalue weighted by molar-refractivity contribution is 7.90. The van der Waals surface area contributed by atoms with Gasteiger partial charge in [0, 0.05) is 85.8 Å². The number of benzene rings is 3. The number of hydrogen-bond donors (Lipinski definition) is 3. The van der Waals surface area contributed by atoms with Crippen molar-refractivity contribution < 1.29 is 41.5 Å². The highest BCUT2D eigenvalue weighted by Gasteiger charge is 2.40. The van der Waals surface area contributed by atoms with E-state index in [0.29, 0.717) is 47.0 Å². The van der Waals surface area contributed by atoms with E-state index in [9.17, 15) is 32.0 Å². The number of ether oxygens (including phenoxy) is 2. The van der Waals surface area contributed by atoms with Crippen LogP contribution >= 0.6 is 0 Å². The lowest BCUT2D eigenvalue weighted by Gasteiger charge is -2.38. The molecule has 4 fully saturated rings. The van der Waals surface area contributed by atoms with E-state index in [1.807, 2.05) is 12.1 Å². The number of halogens is 1. The monoisotopic (exact) mass is 946 g/mol. The van der Waals surface area contributed by atoms with Crippen LogP contribution in [0.4, 0.5) is 15.8 Å². The molecule has 3 aromatic carbocycles. The lowest BCUT2D eigenvalue weighted by Crippen LogP contribution is -2.52. The number of ketones is 1. The van der Waals surface area contributed by atoms with Crippen LogP contribution in [0.2, 0.25) is 0 Å². The van der Waals surface area contributed by atoms with E-state index in [4.69, 9.17) is 9.47 Å². The van der Waals surface area contributed by atoms with Crippen LogP contribution in [0.15, 0.2) is 73.1 Å². The molecule has 356 valence electrons. The van der Waals surface area contributed by atoms with Gasteiger partial charge in [-0.3, -0.25) is 29.2 Å². The quantitative estimate of drug-likeness (QED) is 0.0924. The number of fused-ring (bicyclic) bond motifs is 2. The molecule has 3 amide bonds. The number of alkyl halides is 1. The highest BCUT2D eigenvalue weighted by atomic mass is 32.2. The fourth-order valence-corrected chi connectivity index (χ4v) is 12.0. The van der Waals surface area contributed by atoms with Crippen molar-refractivity contribution in [3.8, 4) is 22.6 Å². The average molecular weight is 947 g/mol. The summed E-state index contributed by atoms with van der Waals surface area (Å²) in [5.74, 6) is -0.0558. The van der Waals surface area contributed by atoms with Crippen molar-refractivity contribution >= 4 is 56.1 Å². The number of hydrogen-bond acceptors (Lipinski definition) is 11. The summed E-state index contributed by atoms with van der Waals surface area (Å²) in [6.07, 6.45) is 7.14. The number of aromatic nitrogens is 2. The third kappa shape index (κ3) is 8.80. The van der Waals surface area contributed by atoms with Gasteiger partial charge >= 0.3 is 10.2 Å². The van der Waals surface area contributed by atoms with E-state index in [1.54, 1.807) is 17.3 Å². The summed E-state index contributed by atoms with van der Waals surface area (Å²) in [7, 11) is -1.37. The van der Waals surface area contributed by atoms with Crippen LogP contribution in [0, 0.1) is 5.92 Å². The number of carbonyl (C=O) groups is 4. The Hall–Kier alpha value is -6.37. The summed E-state index contributed by atoms with van der Waals surface area (Å²) >= 11 is 0. The molecule has 3 N–H and O–H groups in total. The Kier molecular flexibility index (Phi) is 12.4. The second-order valence-corrected chi connectivity index (χ2v) is 20.3. The molecular weight excluding hydrogens is 892 g/mol. The number of pyridine rings is 1. The molecule has 2 atom stereocenters. The maximum Gasteiger partial charge on any atom is 0.301 e. The summed E-state index contributed by atoms with van der Waals surface area (Å²) < 4.78 is 55.0. The fraction of sp³-hybridized carbons (Fsp3) is 0.420. The molecule has 18 heteroatoms. The Labute approximate surface area is 394 Å². The summed E-state index contributed by atoms with van der Waals surface area (Å²) in [6, 6.07) is 18.8. The smallest absolute Gasteiger partial charge is 0.301 e. The number of anilines is 2. The number of aromatic amines is 1. The first-order chi connectivity index (χ1) is 32.9. The largest absolute Gasteiger partial charge is 0.496 e.